The van der Waals surface area contributed by atoms with Gasteiger partial charge in [-0.15, -0.1) is 0 Å². The lowest BCUT2D eigenvalue weighted by Gasteiger charge is -2.32. The zero-order valence-electron chi connectivity index (χ0n) is 15.5. The summed E-state index contributed by atoms with van der Waals surface area (Å²) in [5.74, 6) is 0.254. The molecule has 1 aliphatic rings. The number of H-pyrrole nitrogens is 1. The van der Waals surface area contributed by atoms with Gasteiger partial charge < -0.3 is 9.88 Å². The van der Waals surface area contributed by atoms with Gasteiger partial charge in [0.1, 0.15) is 11.4 Å². The number of nitrogens with zero attached hydrogens (tertiary/aromatic N) is 4. The van der Waals surface area contributed by atoms with Gasteiger partial charge in [0, 0.05) is 32.3 Å². The van der Waals surface area contributed by atoms with Crippen molar-refractivity contribution < 1.29 is 4.79 Å². The van der Waals surface area contributed by atoms with E-state index in [2.05, 4.69) is 10.1 Å². The van der Waals surface area contributed by atoms with Gasteiger partial charge in [-0.2, -0.15) is 5.10 Å². The van der Waals surface area contributed by atoms with E-state index in [4.69, 9.17) is 0 Å². The van der Waals surface area contributed by atoms with E-state index >= 15 is 0 Å². The Hall–Kier alpha value is -3.42. The molecule has 144 valence electrons. The van der Waals surface area contributed by atoms with Gasteiger partial charge in [0.15, 0.2) is 0 Å². The topological polar surface area (TPSA) is 93.0 Å². The molecule has 1 aliphatic heterocycles. The molecule has 1 saturated heterocycles. The number of amides is 1. The van der Waals surface area contributed by atoms with Crippen molar-refractivity contribution in [2.24, 2.45) is 7.05 Å². The molecule has 8 nitrogen and oxygen atoms in total. The summed E-state index contributed by atoms with van der Waals surface area (Å²) in [5, 5.41) is 4.46. The zero-order valence-corrected chi connectivity index (χ0v) is 15.5. The van der Waals surface area contributed by atoms with Crippen LogP contribution in [0.5, 0.6) is 0 Å². The summed E-state index contributed by atoms with van der Waals surface area (Å²) >= 11 is 0. The molecule has 1 N–H and O–H groups in total. The first-order chi connectivity index (χ1) is 13.6. The Morgan fingerprint density at radius 1 is 1.14 bits per heavy atom. The van der Waals surface area contributed by atoms with Crippen LogP contribution in [0.2, 0.25) is 0 Å². The minimum atomic E-state index is -0.395. The molecular weight excluding hydrogens is 358 g/mol. The number of piperidine rings is 1. The molecule has 3 heterocycles. The van der Waals surface area contributed by atoms with Crippen LogP contribution in [0.25, 0.3) is 5.69 Å². The highest BCUT2D eigenvalue weighted by molar-refractivity contribution is 5.93. The maximum Gasteiger partial charge on any atom is 0.350 e. The number of para-hydroxylation sites is 1. The van der Waals surface area contributed by atoms with Gasteiger partial charge >= 0.3 is 5.69 Å². The molecule has 3 aromatic rings. The summed E-state index contributed by atoms with van der Waals surface area (Å²) in [4.78, 5) is 41.7. The number of aromatic nitrogens is 4. The van der Waals surface area contributed by atoms with Crippen molar-refractivity contribution in [3.8, 4) is 5.69 Å². The molecule has 0 radical (unpaired) electrons. The van der Waals surface area contributed by atoms with E-state index in [1.54, 1.807) is 22.6 Å². The van der Waals surface area contributed by atoms with E-state index in [1.165, 1.54) is 16.9 Å². The first kappa shape index (κ1) is 18.0. The number of hydrogen-bond donors (Lipinski definition) is 1. The third-order valence-electron chi connectivity index (χ3n) is 5.09. The fraction of sp³-hybridized carbons (Fsp3) is 0.300. The first-order valence-electron chi connectivity index (χ1n) is 9.24. The van der Waals surface area contributed by atoms with E-state index in [0.29, 0.717) is 18.9 Å². The second-order valence-corrected chi connectivity index (χ2v) is 6.94. The molecule has 0 spiro atoms. The lowest BCUT2D eigenvalue weighted by atomic mass is 9.96. The van der Waals surface area contributed by atoms with Gasteiger partial charge in [0.05, 0.1) is 5.69 Å². The molecule has 28 heavy (non-hydrogen) atoms. The third kappa shape index (κ3) is 3.17. The molecule has 0 unspecified atom stereocenters. The van der Waals surface area contributed by atoms with Crippen molar-refractivity contribution in [1.82, 2.24) is 24.2 Å². The molecule has 1 atom stereocenters. The van der Waals surface area contributed by atoms with Gasteiger partial charge in [0.25, 0.3) is 11.5 Å². The van der Waals surface area contributed by atoms with Crippen molar-refractivity contribution in [2.45, 2.75) is 18.8 Å². The van der Waals surface area contributed by atoms with E-state index < -0.39 is 5.56 Å². The van der Waals surface area contributed by atoms with E-state index in [9.17, 15) is 14.4 Å². The molecule has 1 aromatic carbocycles. The number of nitrogens with one attached hydrogen (secondary N) is 1. The van der Waals surface area contributed by atoms with Crippen molar-refractivity contribution in [3.63, 3.8) is 0 Å². The Labute approximate surface area is 161 Å². The Bertz CT molecular complexity index is 1110. The van der Waals surface area contributed by atoms with Crippen LogP contribution in [0.3, 0.4) is 0 Å². The molecule has 0 aliphatic carbocycles. The average molecular weight is 379 g/mol. The second kappa shape index (κ2) is 7.30. The minimum absolute atomic E-state index is 0.0883. The van der Waals surface area contributed by atoms with Crippen molar-refractivity contribution in [2.75, 3.05) is 13.1 Å². The smallest absolute Gasteiger partial charge is 0.338 e. The van der Waals surface area contributed by atoms with Crippen LogP contribution < -0.4 is 11.2 Å². The number of benzene rings is 1. The van der Waals surface area contributed by atoms with Gasteiger partial charge in [-0.25, -0.2) is 14.0 Å². The van der Waals surface area contributed by atoms with Crippen molar-refractivity contribution in [1.29, 1.82) is 0 Å². The number of hydrogen-bond acceptors (Lipinski definition) is 4. The number of aryl methyl sites for hydroxylation is 1. The van der Waals surface area contributed by atoms with Crippen LogP contribution in [0.1, 0.15) is 34.9 Å². The Morgan fingerprint density at radius 2 is 1.93 bits per heavy atom. The summed E-state index contributed by atoms with van der Waals surface area (Å²) in [5.41, 5.74) is 0.265. The van der Waals surface area contributed by atoms with E-state index in [-0.39, 0.29) is 23.1 Å². The summed E-state index contributed by atoms with van der Waals surface area (Å²) in [7, 11) is 1.63. The lowest BCUT2D eigenvalue weighted by Crippen LogP contribution is -2.41. The summed E-state index contributed by atoms with van der Waals surface area (Å²) < 4.78 is 2.93. The average Bonchev–Trinajstić information content (AvgIpc) is 3.03. The first-order valence-corrected chi connectivity index (χ1v) is 9.24. The van der Waals surface area contributed by atoms with Crippen LogP contribution in [0.15, 0.2) is 58.3 Å². The number of rotatable bonds is 3. The molecular formula is C20H21N5O3. The molecule has 0 bridgehead atoms. The highest BCUT2D eigenvalue weighted by Gasteiger charge is 2.30. The molecule has 0 saturated carbocycles. The van der Waals surface area contributed by atoms with Crippen molar-refractivity contribution in [3.05, 3.63) is 80.9 Å². The monoisotopic (exact) mass is 379 g/mol. The minimum Gasteiger partial charge on any atom is -0.338 e. The molecule has 1 fully saturated rings. The van der Waals surface area contributed by atoms with Gasteiger partial charge in [-0.3, -0.25) is 9.59 Å². The van der Waals surface area contributed by atoms with Crippen LogP contribution in [0.4, 0.5) is 0 Å². The predicted molar refractivity (Wildman–Crippen MR) is 104 cm³/mol. The summed E-state index contributed by atoms with van der Waals surface area (Å²) in [6.07, 6.45) is 3.10. The highest BCUT2D eigenvalue weighted by Crippen LogP contribution is 2.27. The Morgan fingerprint density at radius 3 is 2.68 bits per heavy atom. The Kier molecular flexibility index (Phi) is 4.68. The predicted octanol–water partition coefficient (Wildman–Crippen LogP) is 1.28. The SMILES string of the molecule is Cn1nc([C@@H]2CCCN(C(=O)c3ccc[nH]c3=O)C2)n(-c2ccccc2)c1=O. The standard InChI is InChI=1S/C20H21N5O3/c1-23-20(28)25(15-8-3-2-4-9-15)17(22-23)14-7-6-12-24(13-14)19(27)16-10-5-11-21-18(16)26/h2-5,8-11,14H,6-7,12-13H2,1H3,(H,21,26)/t14-/m1/s1. The fourth-order valence-electron chi connectivity index (χ4n) is 3.70. The molecule has 4 rings (SSSR count). The normalized spacial score (nSPS) is 16.9. The second-order valence-electron chi connectivity index (χ2n) is 6.94. The zero-order chi connectivity index (χ0) is 19.7. The van der Waals surface area contributed by atoms with Crippen LogP contribution in [-0.2, 0) is 7.05 Å². The van der Waals surface area contributed by atoms with Gasteiger partial charge in [-0.05, 0) is 37.1 Å². The number of aromatic amines is 1. The van der Waals surface area contributed by atoms with Crippen LogP contribution >= 0.6 is 0 Å². The van der Waals surface area contributed by atoms with Crippen LogP contribution in [-0.4, -0.2) is 43.2 Å². The fourth-order valence-corrected chi connectivity index (χ4v) is 3.70. The van der Waals surface area contributed by atoms with Crippen molar-refractivity contribution >= 4 is 5.91 Å². The molecule has 8 heteroatoms. The van der Waals surface area contributed by atoms with E-state index in [0.717, 1.165) is 18.5 Å². The molecule has 1 amide bonds. The largest absolute Gasteiger partial charge is 0.350 e. The maximum absolute atomic E-state index is 12.8. The quantitative estimate of drug-likeness (QED) is 0.742. The third-order valence-corrected chi connectivity index (χ3v) is 5.09. The Balaban J connectivity index is 1.67. The van der Waals surface area contributed by atoms with Gasteiger partial charge in [0.2, 0.25) is 0 Å². The summed E-state index contributed by atoms with van der Waals surface area (Å²) in [6, 6.07) is 12.5. The maximum atomic E-state index is 12.8. The highest BCUT2D eigenvalue weighted by atomic mass is 16.2. The number of carbonyl (C=O) groups is 1. The lowest BCUT2D eigenvalue weighted by molar-refractivity contribution is 0.0702. The number of likely N-dealkylation sites (tertiary alicyclic amines) is 1. The number of pyridine rings is 1. The van der Waals surface area contributed by atoms with Crippen LogP contribution in [0, 0.1) is 0 Å². The molecule has 2 aromatic heterocycles. The van der Waals surface area contributed by atoms with E-state index in [1.807, 2.05) is 30.3 Å². The van der Waals surface area contributed by atoms with Gasteiger partial charge in [-0.1, -0.05) is 18.2 Å². The summed E-state index contributed by atoms with van der Waals surface area (Å²) in [6.45, 7) is 0.989. The number of carbonyl (C=O) groups excluding carboxylic acids is 1.